The summed E-state index contributed by atoms with van der Waals surface area (Å²) in [6, 6.07) is -0.625. The summed E-state index contributed by atoms with van der Waals surface area (Å²) in [5.74, 6) is -1.44. The number of nitrogens with one attached hydrogen (secondary N) is 1. The molecule has 0 bridgehead atoms. The van der Waals surface area contributed by atoms with Crippen LogP contribution in [0, 0.1) is 0 Å². The number of hydrogen-bond donors (Lipinski definition) is 3. The Balaban J connectivity index is 4.43. The van der Waals surface area contributed by atoms with Crippen LogP contribution in [-0.2, 0) is 9.59 Å². The van der Waals surface area contributed by atoms with E-state index in [1.807, 2.05) is 6.92 Å². The minimum Gasteiger partial charge on any atom is -0.480 e. The number of carbonyl (C=O) groups is 2. The first kappa shape index (κ1) is 13.9. The van der Waals surface area contributed by atoms with E-state index in [4.69, 9.17) is 10.8 Å². The summed E-state index contributed by atoms with van der Waals surface area (Å²) < 4.78 is 0. The van der Waals surface area contributed by atoms with Crippen LogP contribution in [0.2, 0.25) is 0 Å². The molecule has 0 fully saturated rings. The van der Waals surface area contributed by atoms with Crippen molar-refractivity contribution in [2.24, 2.45) is 5.73 Å². The SMILES string of the molecule is CCC[C@H](N)C(=O)NC(C)(CC)C(=O)O. The lowest BCUT2D eigenvalue weighted by Gasteiger charge is -2.26. The molecule has 2 atom stereocenters. The Kier molecular flexibility index (Phi) is 5.28. The molecule has 5 heteroatoms. The number of carboxylic acids is 1. The van der Waals surface area contributed by atoms with Gasteiger partial charge >= 0.3 is 5.97 Å². The second-order valence-corrected chi connectivity index (χ2v) is 3.88. The van der Waals surface area contributed by atoms with Gasteiger partial charge in [-0.2, -0.15) is 0 Å². The lowest BCUT2D eigenvalue weighted by atomic mass is 9.98. The van der Waals surface area contributed by atoms with Gasteiger partial charge in [0.15, 0.2) is 0 Å². The molecule has 0 heterocycles. The Bertz CT molecular complexity index is 243. The van der Waals surface area contributed by atoms with Crippen LogP contribution < -0.4 is 11.1 Å². The molecular weight excluding hydrogens is 196 g/mol. The van der Waals surface area contributed by atoms with E-state index < -0.39 is 23.5 Å². The van der Waals surface area contributed by atoms with Crippen molar-refractivity contribution in [3.8, 4) is 0 Å². The Labute approximate surface area is 90.0 Å². The summed E-state index contributed by atoms with van der Waals surface area (Å²) >= 11 is 0. The maximum atomic E-state index is 11.5. The van der Waals surface area contributed by atoms with Crippen LogP contribution in [-0.4, -0.2) is 28.6 Å². The van der Waals surface area contributed by atoms with Gasteiger partial charge in [0.25, 0.3) is 0 Å². The van der Waals surface area contributed by atoms with Crippen LogP contribution in [0.25, 0.3) is 0 Å². The number of aliphatic carboxylic acids is 1. The molecule has 15 heavy (non-hydrogen) atoms. The first-order valence-corrected chi connectivity index (χ1v) is 5.18. The van der Waals surface area contributed by atoms with E-state index in [9.17, 15) is 9.59 Å². The van der Waals surface area contributed by atoms with Gasteiger partial charge in [-0.05, 0) is 19.8 Å². The van der Waals surface area contributed by atoms with Gasteiger partial charge in [0.05, 0.1) is 6.04 Å². The monoisotopic (exact) mass is 216 g/mol. The number of rotatable bonds is 6. The minimum absolute atomic E-state index is 0.326. The number of hydrogen-bond acceptors (Lipinski definition) is 3. The molecule has 0 saturated heterocycles. The maximum absolute atomic E-state index is 11.5. The fourth-order valence-corrected chi connectivity index (χ4v) is 1.10. The Morgan fingerprint density at radius 2 is 2.00 bits per heavy atom. The van der Waals surface area contributed by atoms with Gasteiger partial charge in [-0.3, -0.25) is 4.79 Å². The van der Waals surface area contributed by atoms with Crippen LogP contribution in [0.3, 0.4) is 0 Å². The first-order chi connectivity index (χ1) is 6.87. The molecule has 1 amide bonds. The molecule has 0 aliphatic carbocycles. The molecule has 88 valence electrons. The van der Waals surface area contributed by atoms with Crippen molar-refractivity contribution in [2.75, 3.05) is 0 Å². The van der Waals surface area contributed by atoms with Gasteiger partial charge in [0.2, 0.25) is 5.91 Å². The Hall–Kier alpha value is -1.10. The van der Waals surface area contributed by atoms with Crippen LogP contribution in [0.5, 0.6) is 0 Å². The van der Waals surface area contributed by atoms with Crippen LogP contribution in [0.4, 0.5) is 0 Å². The van der Waals surface area contributed by atoms with Crippen LogP contribution in [0.1, 0.15) is 40.0 Å². The molecule has 0 spiro atoms. The zero-order chi connectivity index (χ0) is 12.1. The van der Waals surface area contributed by atoms with E-state index >= 15 is 0 Å². The topological polar surface area (TPSA) is 92.4 Å². The fourth-order valence-electron chi connectivity index (χ4n) is 1.10. The Morgan fingerprint density at radius 1 is 1.47 bits per heavy atom. The Morgan fingerprint density at radius 3 is 2.33 bits per heavy atom. The fraction of sp³-hybridized carbons (Fsp3) is 0.800. The average molecular weight is 216 g/mol. The van der Waals surface area contributed by atoms with E-state index in [0.717, 1.165) is 6.42 Å². The van der Waals surface area contributed by atoms with Gasteiger partial charge in [-0.1, -0.05) is 20.3 Å². The summed E-state index contributed by atoms with van der Waals surface area (Å²) in [5.41, 5.74) is 4.36. The molecule has 0 saturated carbocycles. The highest BCUT2D eigenvalue weighted by atomic mass is 16.4. The minimum atomic E-state index is -1.22. The molecule has 4 N–H and O–H groups in total. The lowest BCUT2D eigenvalue weighted by molar-refractivity contribution is -0.147. The molecule has 0 rings (SSSR count). The van der Waals surface area contributed by atoms with Crippen molar-refractivity contribution in [2.45, 2.75) is 51.6 Å². The number of amides is 1. The third-order valence-electron chi connectivity index (χ3n) is 2.51. The largest absolute Gasteiger partial charge is 0.480 e. The smallest absolute Gasteiger partial charge is 0.329 e. The summed E-state index contributed by atoms with van der Waals surface area (Å²) in [6.07, 6.45) is 1.68. The summed E-state index contributed by atoms with van der Waals surface area (Å²) in [4.78, 5) is 22.4. The van der Waals surface area contributed by atoms with E-state index in [1.165, 1.54) is 6.92 Å². The summed E-state index contributed by atoms with van der Waals surface area (Å²) in [7, 11) is 0. The first-order valence-electron chi connectivity index (χ1n) is 5.18. The second-order valence-electron chi connectivity index (χ2n) is 3.88. The predicted molar refractivity (Wildman–Crippen MR) is 57.4 cm³/mol. The standard InChI is InChI=1S/C10H20N2O3/c1-4-6-7(11)8(13)12-10(3,5-2)9(14)15/h7H,4-6,11H2,1-3H3,(H,12,13)(H,14,15)/t7-,10?/m0/s1. The van der Waals surface area contributed by atoms with E-state index in [-0.39, 0.29) is 0 Å². The molecule has 0 aliphatic heterocycles. The van der Waals surface area contributed by atoms with Gasteiger partial charge in [0.1, 0.15) is 5.54 Å². The van der Waals surface area contributed by atoms with Crippen LogP contribution >= 0.6 is 0 Å². The van der Waals surface area contributed by atoms with Crippen molar-refractivity contribution in [1.29, 1.82) is 0 Å². The second kappa shape index (κ2) is 5.70. The van der Waals surface area contributed by atoms with E-state index in [0.29, 0.717) is 12.8 Å². The number of nitrogens with two attached hydrogens (primary N) is 1. The molecule has 5 nitrogen and oxygen atoms in total. The van der Waals surface area contributed by atoms with Crippen molar-refractivity contribution in [3.05, 3.63) is 0 Å². The summed E-state index contributed by atoms with van der Waals surface area (Å²) in [6.45, 7) is 5.11. The van der Waals surface area contributed by atoms with Gasteiger partial charge in [-0.25, -0.2) is 4.79 Å². The molecule has 0 radical (unpaired) electrons. The molecule has 0 aromatic rings. The van der Waals surface area contributed by atoms with Crippen molar-refractivity contribution in [1.82, 2.24) is 5.32 Å². The normalized spacial score (nSPS) is 16.5. The number of carbonyl (C=O) groups excluding carboxylic acids is 1. The van der Waals surface area contributed by atoms with Gasteiger partial charge in [-0.15, -0.1) is 0 Å². The molecule has 0 aromatic heterocycles. The maximum Gasteiger partial charge on any atom is 0.329 e. The quantitative estimate of drug-likeness (QED) is 0.602. The summed E-state index contributed by atoms with van der Waals surface area (Å²) in [5, 5.41) is 11.4. The average Bonchev–Trinajstić information content (AvgIpc) is 2.17. The highest BCUT2D eigenvalue weighted by molar-refractivity contribution is 5.89. The van der Waals surface area contributed by atoms with Gasteiger partial charge < -0.3 is 16.2 Å². The zero-order valence-electron chi connectivity index (χ0n) is 9.54. The zero-order valence-corrected chi connectivity index (χ0v) is 9.54. The molecular formula is C10H20N2O3. The molecule has 0 aliphatic rings. The molecule has 0 aromatic carbocycles. The van der Waals surface area contributed by atoms with Crippen molar-refractivity contribution >= 4 is 11.9 Å². The number of carboxylic acid groups (broad SMARTS) is 1. The van der Waals surface area contributed by atoms with Crippen LogP contribution in [0.15, 0.2) is 0 Å². The third kappa shape index (κ3) is 3.87. The lowest BCUT2D eigenvalue weighted by Crippen LogP contribution is -2.56. The van der Waals surface area contributed by atoms with E-state index in [1.54, 1.807) is 6.92 Å². The van der Waals surface area contributed by atoms with Crippen molar-refractivity contribution < 1.29 is 14.7 Å². The predicted octanol–water partition coefficient (Wildman–Crippen LogP) is 0.483. The third-order valence-corrected chi connectivity index (χ3v) is 2.51. The van der Waals surface area contributed by atoms with Gasteiger partial charge in [0, 0.05) is 0 Å². The van der Waals surface area contributed by atoms with E-state index in [2.05, 4.69) is 5.32 Å². The highest BCUT2D eigenvalue weighted by Crippen LogP contribution is 2.09. The highest BCUT2D eigenvalue weighted by Gasteiger charge is 2.33. The van der Waals surface area contributed by atoms with Crippen molar-refractivity contribution in [3.63, 3.8) is 0 Å². The molecule has 1 unspecified atom stereocenters.